The van der Waals surface area contributed by atoms with Gasteiger partial charge in [0.15, 0.2) is 0 Å². The molecule has 0 spiro atoms. The average Bonchev–Trinajstić information content (AvgIpc) is 3.08. The van der Waals surface area contributed by atoms with Crippen LogP contribution in [0.2, 0.25) is 0 Å². The minimum atomic E-state index is -0.886. The highest BCUT2D eigenvalue weighted by molar-refractivity contribution is 6.01. The maximum absolute atomic E-state index is 13.9. The zero-order chi connectivity index (χ0) is 21.0. The van der Waals surface area contributed by atoms with E-state index in [0.717, 1.165) is 17.0 Å². The highest BCUT2D eigenvalue weighted by Gasteiger charge is 2.36. The lowest BCUT2D eigenvalue weighted by Gasteiger charge is -2.17. The van der Waals surface area contributed by atoms with Gasteiger partial charge in [-0.3, -0.25) is 25.2 Å². The second-order valence-electron chi connectivity index (χ2n) is 6.40. The van der Waals surface area contributed by atoms with Gasteiger partial charge in [-0.2, -0.15) is 0 Å². The molecule has 2 N–H and O–H groups in total. The summed E-state index contributed by atoms with van der Waals surface area (Å²) in [7, 11) is 0. The minimum Gasteiger partial charge on any atom is -0.494 e. The van der Waals surface area contributed by atoms with Crippen LogP contribution in [0, 0.1) is 17.6 Å². The summed E-state index contributed by atoms with van der Waals surface area (Å²) in [6.45, 7) is 2.27. The summed E-state index contributed by atoms with van der Waals surface area (Å²) < 4.78 is 32.3. The second-order valence-corrected chi connectivity index (χ2v) is 6.40. The smallest absolute Gasteiger partial charge is 0.269 e. The number of carbonyl (C=O) groups excluding carboxylic acids is 3. The maximum Gasteiger partial charge on any atom is 0.269 e. The summed E-state index contributed by atoms with van der Waals surface area (Å²) in [6.07, 6.45) is -0.151. The first-order valence-electron chi connectivity index (χ1n) is 8.97. The number of hydrogen-bond donors (Lipinski definition) is 2. The van der Waals surface area contributed by atoms with E-state index in [1.54, 1.807) is 24.3 Å². The van der Waals surface area contributed by atoms with E-state index in [2.05, 4.69) is 10.9 Å². The van der Waals surface area contributed by atoms with Gasteiger partial charge in [0, 0.05) is 24.6 Å². The Labute approximate surface area is 165 Å². The topological polar surface area (TPSA) is 87.7 Å². The van der Waals surface area contributed by atoms with Crippen molar-refractivity contribution < 1.29 is 27.9 Å². The van der Waals surface area contributed by atoms with Crippen molar-refractivity contribution in [3.05, 3.63) is 59.7 Å². The quantitative estimate of drug-likeness (QED) is 0.749. The van der Waals surface area contributed by atoms with Gasteiger partial charge in [0.2, 0.25) is 11.8 Å². The fraction of sp³-hybridized carbons (Fsp3) is 0.250. The highest BCUT2D eigenvalue weighted by Crippen LogP contribution is 2.27. The van der Waals surface area contributed by atoms with Crippen LogP contribution in [0.5, 0.6) is 5.75 Å². The lowest BCUT2D eigenvalue weighted by molar-refractivity contribution is -0.126. The summed E-state index contributed by atoms with van der Waals surface area (Å²) in [5.41, 5.74) is 4.78. The highest BCUT2D eigenvalue weighted by atomic mass is 19.1. The predicted octanol–water partition coefficient (Wildman–Crippen LogP) is 2.18. The van der Waals surface area contributed by atoms with E-state index in [1.807, 2.05) is 6.92 Å². The third-order valence-corrected chi connectivity index (χ3v) is 4.42. The summed E-state index contributed by atoms with van der Waals surface area (Å²) in [4.78, 5) is 37.7. The number of nitrogens with one attached hydrogen (secondary N) is 2. The van der Waals surface area contributed by atoms with Gasteiger partial charge in [-0.05, 0) is 43.3 Å². The standard InChI is InChI=1S/C20H19F2N3O4/c1-2-29-15-6-3-12(4-7-15)19(27)23-24-20(28)13-9-18(26)25(11-13)17-8-5-14(21)10-16(17)22/h3-8,10,13H,2,9,11H2,1H3,(H,23,27)(H,24,28). The van der Waals surface area contributed by atoms with E-state index in [4.69, 9.17) is 4.74 Å². The van der Waals surface area contributed by atoms with Crippen LogP contribution in [0.4, 0.5) is 14.5 Å². The van der Waals surface area contributed by atoms with Crippen LogP contribution in [-0.2, 0) is 9.59 Å². The zero-order valence-corrected chi connectivity index (χ0v) is 15.6. The molecular weight excluding hydrogens is 384 g/mol. The van der Waals surface area contributed by atoms with Crippen molar-refractivity contribution in [1.82, 2.24) is 10.9 Å². The first kappa shape index (κ1) is 20.2. The van der Waals surface area contributed by atoms with Crippen molar-refractivity contribution >= 4 is 23.4 Å². The minimum absolute atomic E-state index is 0.0772. The van der Waals surface area contributed by atoms with Gasteiger partial charge in [-0.1, -0.05) is 0 Å². The van der Waals surface area contributed by atoms with E-state index in [0.29, 0.717) is 24.0 Å². The Balaban J connectivity index is 1.57. The fourth-order valence-electron chi connectivity index (χ4n) is 2.98. The Morgan fingerprint density at radius 3 is 2.52 bits per heavy atom. The summed E-state index contributed by atoms with van der Waals surface area (Å²) in [5, 5.41) is 0. The molecule has 1 saturated heterocycles. The Kier molecular flexibility index (Phi) is 6.06. The van der Waals surface area contributed by atoms with Crippen LogP contribution in [0.15, 0.2) is 42.5 Å². The molecular formula is C20H19F2N3O4. The molecule has 0 bridgehead atoms. The summed E-state index contributed by atoms with van der Waals surface area (Å²) >= 11 is 0. The Morgan fingerprint density at radius 1 is 1.14 bits per heavy atom. The third-order valence-electron chi connectivity index (χ3n) is 4.42. The molecule has 3 rings (SSSR count). The van der Waals surface area contributed by atoms with E-state index >= 15 is 0 Å². The molecule has 1 unspecified atom stereocenters. The molecule has 29 heavy (non-hydrogen) atoms. The molecule has 0 aliphatic carbocycles. The van der Waals surface area contributed by atoms with Crippen LogP contribution >= 0.6 is 0 Å². The maximum atomic E-state index is 13.9. The lowest BCUT2D eigenvalue weighted by atomic mass is 10.1. The number of halogens is 2. The number of carbonyl (C=O) groups is 3. The first-order chi connectivity index (χ1) is 13.9. The summed E-state index contributed by atoms with van der Waals surface area (Å²) in [5.74, 6) is -3.39. The number of anilines is 1. The molecule has 1 aliphatic rings. The van der Waals surface area contributed by atoms with Gasteiger partial charge in [-0.15, -0.1) is 0 Å². The van der Waals surface area contributed by atoms with Gasteiger partial charge in [0.1, 0.15) is 17.4 Å². The molecule has 1 heterocycles. The molecule has 9 heteroatoms. The molecule has 7 nitrogen and oxygen atoms in total. The average molecular weight is 403 g/mol. The first-order valence-corrected chi connectivity index (χ1v) is 8.97. The summed E-state index contributed by atoms with van der Waals surface area (Å²) in [6, 6.07) is 9.21. The van der Waals surface area contributed by atoms with Crippen LogP contribution < -0.4 is 20.5 Å². The van der Waals surface area contributed by atoms with Gasteiger partial charge < -0.3 is 9.64 Å². The van der Waals surface area contributed by atoms with E-state index in [9.17, 15) is 23.2 Å². The van der Waals surface area contributed by atoms with Gasteiger partial charge in [0.25, 0.3) is 5.91 Å². The van der Waals surface area contributed by atoms with Crippen molar-refractivity contribution in [2.75, 3.05) is 18.1 Å². The second kappa shape index (κ2) is 8.68. The molecule has 3 amide bonds. The van der Waals surface area contributed by atoms with Crippen molar-refractivity contribution in [2.24, 2.45) is 5.92 Å². The molecule has 2 aromatic rings. The fourth-order valence-corrected chi connectivity index (χ4v) is 2.98. The zero-order valence-electron chi connectivity index (χ0n) is 15.6. The van der Waals surface area contributed by atoms with Crippen LogP contribution in [0.25, 0.3) is 0 Å². The SMILES string of the molecule is CCOc1ccc(C(=O)NNC(=O)C2CC(=O)N(c3ccc(F)cc3F)C2)cc1. The number of amides is 3. The molecule has 1 atom stereocenters. The van der Waals surface area contributed by atoms with Crippen LogP contribution in [0.3, 0.4) is 0 Å². The van der Waals surface area contributed by atoms with Crippen molar-refractivity contribution in [3.63, 3.8) is 0 Å². The predicted molar refractivity (Wildman–Crippen MR) is 100 cm³/mol. The van der Waals surface area contributed by atoms with E-state index in [1.165, 1.54) is 0 Å². The number of rotatable bonds is 5. The number of benzene rings is 2. The largest absolute Gasteiger partial charge is 0.494 e. The third kappa shape index (κ3) is 4.68. The van der Waals surface area contributed by atoms with Crippen molar-refractivity contribution in [1.29, 1.82) is 0 Å². The molecule has 2 aromatic carbocycles. The van der Waals surface area contributed by atoms with Gasteiger partial charge >= 0.3 is 0 Å². The number of ether oxygens (including phenoxy) is 1. The van der Waals surface area contributed by atoms with Gasteiger partial charge in [0.05, 0.1) is 18.2 Å². The lowest BCUT2D eigenvalue weighted by Crippen LogP contribution is -2.45. The van der Waals surface area contributed by atoms with E-state index in [-0.39, 0.29) is 18.7 Å². The van der Waals surface area contributed by atoms with E-state index < -0.39 is 35.3 Å². The number of nitrogens with zero attached hydrogens (tertiary/aromatic N) is 1. The Hall–Kier alpha value is -3.49. The number of hydrazine groups is 1. The normalized spacial score (nSPS) is 15.9. The molecule has 0 saturated carbocycles. The van der Waals surface area contributed by atoms with Crippen molar-refractivity contribution in [3.8, 4) is 5.75 Å². The van der Waals surface area contributed by atoms with Gasteiger partial charge in [-0.25, -0.2) is 8.78 Å². The molecule has 0 aromatic heterocycles. The Morgan fingerprint density at radius 2 is 1.86 bits per heavy atom. The van der Waals surface area contributed by atoms with Crippen LogP contribution in [0.1, 0.15) is 23.7 Å². The molecule has 152 valence electrons. The Bertz CT molecular complexity index is 934. The number of hydrogen-bond acceptors (Lipinski definition) is 4. The monoisotopic (exact) mass is 403 g/mol. The molecule has 1 aliphatic heterocycles. The molecule has 1 fully saturated rings. The van der Waals surface area contributed by atoms with Crippen LogP contribution in [-0.4, -0.2) is 30.9 Å². The van der Waals surface area contributed by atoms with Crippen molar-refractivity contribution in [2.45, 2.75) is 13.3 Å². The molecule has 0 radical (unpaired) electrons.